The van der Waals surface area contributed by atoms with Crippen molar-refractivity contribution in [2.75, 3.05) is 0 Å². The third-order valence-corrected chi connectivity index (χ3v) is 1.39. The van der Waals surface area contributed by atoms with Crippen LogP contribution in [0.4, 0.5) is 0 Å². The zero-order valence-electron chi connectivity index (χ0n) is 4.89. The summed E-state index contributed by atoms with van der Waals surface area (Å²) in [5.41, 5.74) is 0.860. The fraction of sp³-hybridized carbons (Fsp3) is 0. The quantitative estimate of drug-likeness (QED) is 0.558. The summed E-state index contributed by atoms with van der Waals surface area (Å²) in [4.78, 5) is 0. The summed E-state index contributed by atoms with van der Waals surface area (Å²) in [6.45, 7) is 3.48. The van der Waals surface area contributed by atoms with E-state index in [0.717, 1.165) is 5.56 Å². The van der Waals surface area contributed by atoms with E-state index in [1.54, 1.807) is 0 Å². The van der Waals surface area contributed by atoms with Gasteiger partial charge in [0.1, 0.15) is 0 Å². The van der Waals surface area contributed by atoms with Crippen LogP contribution in [0.2, 0.25) is 5.02 Å². The summed E-state index contributed by atoms with van der Waals surface area (Å²) in [6.07, 6.45) is 2.71. The molecule has 0 aliphatic carbocycles. The third-order valence-electron chi connectivity index (χ3n) is 1.06. The van der Waals surface area contributed by atoms with Gasteiger partial charge in [-0.15, -0.1) is 0 Å². The number of hydrogen-bond donors (Lipinski definition) is 0. The largest absolute Gasteiger partial charge is 0.0905 e. The molecule has 9 heavy (non-hydrogen) atoms. The second kappa shape index (κ2) is 2.70. The number of halogens is 1. The van der Waals surface area contributed by atoms with Crippen LogP contribution in [-0.2, 0) is 0 Å². The summed E-state index contributed by atoms with van der Waals surface area (Å²) in [5, 5.41) is 0.701. The summed E-state index contributed by atoms with van der Waals surface area (Å²) in [7, 11) is 0. The maximum absolute atomic E-state index is 5.72. The van der Waals surface area contributed by atoms with Gasteiger partial charge < -0.3 is 0 Å². The lowest BCUT2D eigenvalue weighted by atomic mass is 10.2. The van der Waals surface area contributed by atoms with Crippen LogP contribution in [0.1, 0.15) is 5.56 Å². The molecule has 1 aromatic carbocycles. The van der Waals surface area contributed by atoms with Gasteiger partial charge in [0.2, 0.25) is 0 Å². The van der Waals surface area contributed by atoms with E-state index < -0.39 is 0 Å². The normalized spacial score (nSPS) is 9.00. The molecule has 45 valence electrons. The molecule has 0 N–H and O–H groups in total. The molecule has 1 aromatic rings. The van der Waals surface area contributed by atoms with Gasteiger partial charge in [-0.1, -0.05) is 36.4 Å². The molecule has 0 nitrogen and oxygen atoms in total. The Morgan fingerprint density at radius 3 is 2.44 bits per heavy atom. The fourth-order valence-electron chi connectivity index (χ4n) is 0.605. The van der Waals surface area contributed by atoms with Gasteiger partial charge in [0.15, 0.2) is 0 Å². The molecular formula is C8H6Cl. The van der Waals surface area contributed by atoms with E-state index in [4.69, 9.17) is 11.6 Å². The van der Waals surface area contributed by atoms with Crippen molar-refractivity contribution in [2.24, 2.45) is 0 Å². The summed E-state index contributed by atoms with van der Waals surface area (Å²) in [6, 6.07) is 7.47. The van der Waals surface area contributed by atoms with Crippen molar-refractivity contribution in [2.45, 2.75) is 0 Å². The second-order valence-corrected chi connectivity index (χ2v) is 2.06. The minimum atomic E-state index is 0.701. The topological polar surface area (TPSA) is 0 Å². The number of rotatable bonds is 1. The minimum absolute atomic E-state index is 0.701. The van der Waals surface area contributed by atoms with E-state index in [1.165, 1.54) is 0 Å². The summed E-state index contributed by atoms with van der Waals surface area (Å²) in [5.74, 6) is 0. The SMILES string of the molecule is C=[C]c1ccccc1Cl. The van der Waals surface area contributed by atoms with E-state index in [9.17, 15) is 0 Å². The lowest BCUT2D eigenvalue weighted by molar-refractivity contribution is 1.58. The molecule has 0 bridgehead atoms. The molecule has 0 fully saturated rings. The Morgan fingerprint density at radius 2 is 2.00 bits per heavy atom. The van der Waals surface area contributed by atoms with Gasteiger partial charge in [-0.2, -0.15) is 0 Å². The van der Waals surface area contributed by atoms with E-state index in [-0.39, 0.29) is 0 Å². The Bertz CT molecular complexity index is 216. The van der Waals surface area contributed by atoms with Crippen LogP contribution in [0.25, 0.3) is 0 Å². The Morgan fingerprint density at radius 1 is 1.33 bits per heavy atom. The van der Waals surface area contributed by atoms with Crippen LogP contribution in [0.15, 0.2) is 30.8 Å². The molecule has 1 radical (unpaired) electrons. The Labute approximate surface area is 59.8 Å². The maximum atomic E-state index is 5.72. The predicted octanol–water partition coefficient (Wildman–Crippen LogP) is 2.68. The molecule has 1 rings (SSSR count). The molecule has 0 heterocycles. The first kappa shape index (κ1) is 6.37. The summed E-state index contributed by atoms with van der Waals surface area (Å²) < 4.78 is 0. The van der Waals surface area contributed by atoms with Gasteiger partial charge >= 0.3 is 0 Å². The van der Waals surface area contributed by atoms with Gasteiger partial charge in [-0.05, 0) is 12.1 Å². The Balaban J connectivity index is 3.15. The van der Waals surface area contributed by atoms with Crippen molar-refractivity contribution in [1.82, 2.24) is 0 Å². The fourth-order valence-corrected chi connectivity index (χ4v) is 0.807. The smallest absolute Gasteiger partial charge is 0.0484 e. The van der Waals surface area contributed by atoms with Crippen LogP contribution in [0, 0.1) is 6.08 Å². The average molecular weight is 138 g/mol. The molecular weight excluding hydrogens is 132 g/mol. The van der Waals surface area contributed by atoms with Gasteiger partial charge in [0.05, 0.1) is 0 Å². The highest BCUT2D eigenvalue weighted by atomic mass is 35.5. The van der Waals surface area contributed by atoms with Crippen molar-refractivity contribution in [3.8, 4) is 0 Å². The Kier molecular flexibility index (Phi) is 1.91. The highest BCUT2D eigenvalue weighted by molar-refractivity contribution is 6.31. The molecule has 0 aliphatic heterocycles. The van der Waals surface area contributed by atoms with Gasteiger partial charge in [-0.3, -0.25) is 0 Å². The zero-order chi connectivity index (χ0) is 6.69. The third kappa shape index (κ3) is 1.33. The van der Waals surface area contributed by atoms with Gasteiger partial charge in [0.25, 0.3) is 0 Å². The van der Waals surface area contributed by atoms with Crippen molar-refractivity contribution in [3.05, 3.63) is 47.5 Å². The number of hydrogen-bond acceptors (Lipinski definition) is 0. The minimum Gasteiger partial charge on any atom is -0.0905 e. The van der Waals surface area contributed by atoms with E-state index in [2.05, 4.69) is 12.7 Å². The van der Waals surface area contributed by atoms with Crippen molar-refractivity contribution in [1.29, 1.82) is 0 Å². The standard InChI is InChI=1S/C8H6Cl/c1-2-7-5-3-4-6-8(7)9/h3-6H,1H2. The molecule has 0 atom stereocenters. The monoisotopic (exact) mass is 137 g/mol. The van der Waals surface area contributed by atoms with Gasteiger partial charge in [-0.25, -0.2) is 0 Å². The number of benzene rings is 1. The lowest BCUT2D eigenvalue weighted by Gasteiger charge is -1.92. The first-order valence-corrected chi connectivity index (χ1v) is 3.00. The molecule has 0 spiro atoms. The lowest BCUT2D eigenvalue weighted by Crippen LogP contribution is -1.71. The molecule has 0 saturated carbocycles. The van der Waals surface area contributed by atoms with Crippen LogP contribution in [0.5, 0.6) is 0 Å². The molecule has 0 saturated heterocycles. The van der Waals surface area contributed by atoms with Crippen LogP contribution < -0.4 is 0 Å². The van der Waals surface area contributed by atoms with Crippen molar-refractivity contribution >= 4 is 11.6 Å². The van der Waals surface area contributed by atoms with Crippen LogP contribution >= 0.6 is 11.6 Å². The van der Waals surface area contributed by atoms with Crippen LogP contribution in [0.3, 0.4) is 0 Å². The van der Waals surface area contributed by atoms with E-state index in [0.29, 0.717) is 5.02 Å². The maximum Gasteiger partial charge on any atom is 0.0484 e. The second-order valence-electron chi connectivity index (χ2n) is 1.66. The van der Waals surface area contributed by atoms with Gasteiger partial charge in [0, 0.05) is 10.6 Å². The summed E-state index contributed by atoms with van der Waals surface area (Å²) >= 11 is 5.72. The molecule has 0 amide bonds. The predicted molar refractivity (Wildman–Crippen MR) is 39.4 cm³/mol. The van der Waals surface area contributed by atoms with Crippen LogP contribution in [-0.4, -0.2) is 0 Å². The molecule has 0 unspecified atom stereocenters. The highest BCUT2D eigenvalue weighted by Crippen LogP contribution is 2.13. The Hall–Kier alpha value is -0.750. The van der Waals surface area contributed by atoms with Crippen molar-refractivity contribution < 1.29 is 0 Å². The first-order chi connectivity index (χ1) is 4.34. The highest BCUT2D eigenvalue weighted by Gasteiger charge is 1.89. The zero-order valence-corrected chi connectivity index (χ0v) is 5.65. The van der Waals surface area contributed by atoms with E-state index in [1.807, 2.05) is 24.3 Å². The molecule has 1 heteroatoms. The van der Waals surface area contributed by atoms with Crippen molar-refractivity contribution in [3.63, 3.8) is 0 Å². The van der Waals surface area contributed by atoms with E-state index >= 15 is 0 Å². The first-order valence-electron chi connectivity index (χ1n) is 2.62. The molecule has 0 aliphatic rings. The molecule has 0 aromatic heterocycles. The average Bonchev–Trinajstić information content (AvgIpc) is 1.89.